The predicted octanol–water partition coefficient (Wildman–Crippen LogP) is 2.94. The monoisotopic (exact) mass is 523 g/mol. The Morgan fingerprint density at radius 3 is 2.45 bits per heavy atom. The molecule has 0 aromatic heterocycles. The number of carbonyl (C=O) groups is 3. The molecule has 1 spiro atoms. The molecule has 2 bridgehead atoms. The smallest absolute Gasteiger partial charge is 0.248 e. The molecule has 0 aliphatic carbocycles. The van der Waals surface area contributed by atoms with Crippen LogP contribution in [0.15, 0.2) is 55.6 Å². The van der Waals surface area contributed by atoms with Gasteiger partial charge in [-0.25, -0.2) is 0 Å². The zero-order chi connectivity index (χ0) is 27.6. The lowest BCUT2D eigenvalue weighted by atomic mass is 9.70. The lowest BCUT2D eigenvalue weighted by molar-refractivity contribution is -0.153. The first-order chi connectivity index (χ1) is 18.3. The molecule has 3 amide bonds. The van der Waals surface area contributed by atoms with E-state index in [-0.39, 0.29) is 30.4 Å². The maximum Gasteiger partial charge on any atom is 0.248 e. The average Bonchev–Trinajstić information content (AvgIpc) is 3.55. The molecule has 3 saturated heterocycles. The van der Waals surface area contributed by atoms with Crippen molar-refractivity contribution in [1.29, 1.82) is 0 Å². The van der Waals surface area contributed by atoms with Crippen LogP contribution < -0.4 is 0 Å². The molecule has 0 saturated carbocycles. The molecule has 8 heteroatoms. The molecule has 1 N–H and O–H groups in total. The highest BCUT2D eigenvalue weighted by molar-refractivity contribution is 5.99. The molecular weight excluding hydrogens is 482 g/mol. The molecule has 4 rings (SSSR count). The van der Waals surface area contributed by atoms with Gasteiger partial charge in [0.1, 0.15) is 11.6 Å². The van der Waals surface area contributed by atoms with Crippen LogP contribution in [0.4, 0.5) is 0 Å². The molecule has 8 nitrogen and oxygen atoms in total. The summed E-state index contributed by atoms with van der Waals surface area (Å²) >= 11 is 0. The van der Waals surface area contributed by atoms with E-state index in [1.165, 1.54) is 4.90 Å². The largest absolute Gasteiger partial charge is 0.394 e. The number of aliphatic hydroxyl groups is 1. The van der Waals surface area contributed by atoms with E-state index in [2.05, 4.69) is 13.2 Å². The van der Waals surface area contributed by atoms with Crippen LogP contribution >= 0.6 is 0 Å². The number of rotatable bonds is 12. The Hall–Kier alpha value is -2.97. The minimum Gasteiger partial charge on any atom is -0.394 e. The standard InChI is InChI=1S/C30H41N3O5/c1-6-16-31(17-7-2)27(35)24-23-14-15-30(38-23)25(24)28(36)33(22(19-34)21-12-10-9-11-13-21)26(30)29(37)32(18-8-3)20(4)5/h6,8-13,20,22-26,34H,1,3,7,14-19H2,2,4-5H3/t22-,23-,24+,25+,26?,30?/m1/s1. The SMILES string of the molecule is C=CCN(CCC)C(=O)[C@@H]1[C@H]2C(=O)N([C@H](CO)c3ccccc3)C(C(=O)N(CC=C)C(C)C)C23CC[C@H]1O3. The highest BCUT2D eigenvalue weighted by atomic mass is 16.5. The first kappa shape index (κ1) is 28.0. The van der Waals surface area contributed by atoms with Gasteiger partial charge in [-0.15, -0.1) is 13.2 Å². The van der Waals surface area contributed by atoms with Gasteiger partial charge in [0, 0.05) is 25.7 Å². The summed E-state index contributed by atoms with van der Waals surface area (Å²) in [5.74, 6) is -2.14. The second kappa shape index (κ2) is 11.4. The van der Waals surface area contributed by atoms with Crippen molar-refractivity contribution in [1.82, 2.24) is 14.7 Å². The Kier molecular flexibility index (Phi) is 8.43. The highest BCUT2D eigenvalue weighted by Gasteiger charge is 2.75. The van der Waals surface area contributed by atoms with E-state index in [9.17, 15) is 19.5 Å². The number of fused-ring (bicyclic) bond motifs is 1. The van der Waals surface area contributed by atoms with Crippen molar-refractivity contribution in [2.45, 2.75) is 69.9 Å². The van der Waals surface area contributed by atoms with Crippen LogP contribution in [-0.4, -0.2) is 87.6 Å². The van der Waals surface area contributed by atoms with E-state index in [1.54, 1.807) is 22.0 Å². The number of benzene rings is 1. The van der Waals surface area contributed by atoms with Crippen molar-refractivity contribution >= 4 is 17.7 Å². The van der Waals surface area contributed by atoms with Crippen LogP contribution in [0.25, 0.3) is 0 Å². The van der Waals surface area contributed by atoms with E-state index in [0.29, 0.717) is 32.5 Å². The van der Waals surface area contributed by atoms with Gasteiger partial charge in [-0.2, -0.15) is 0 Å². The molecule has 3 aliphatic heterocycles. The highest BCUT2D eigenvalue weighted by Crippen LogP contribution is 2.60. The number of hydrogen-bond donors (Lipinski definition) is 1. The summed E-state index contributed by atoms with van der Waals surface area (Å²) in [5.41, 5.74) is -0.393. The van der Waals surface area contributed by atoms with Gasteiger partial charge in [0.05, 0.1) is 30.6 Å². The molecule has 3 aliphatic rings. The number of ether oxygens (including phenoxy) is 1. The van der Waals surface area contributed by atoms with Crippen molar-refractivity contribution in [2.75, 3.05) is 26.2 Å². The predicted molar refractivity (Wildman–Crippen MR) is 145 cm³/mol. The van der Waals surface area contributed by atoms with E-state index in [0.717, 1.165) is 12.0 Å². The summed E-state index contributed by atoms with van der Waals surface area (Å²) in [6.07, 6.45) is 4.83. The molecule has 206 valence electrons. The zero-order valence-corrected chi connectivity index (χ0v) is 22.8. The number of likely N-dealkylation sites (tertiary alicyclic amines) is 1. The minimum absolute atomic E-state index is 0.128. The van der Waals surface area contributed by atoms with Gasteiger partial charge < -0.3 is 24.5 Å². The molecule has 1 aromatic rings. The number of carbonyl (C=O) groups excluding carboxylic acids is 3. The molecule has 3 fully saturated rings. The van der Waals surface area contributed by atoms with Gasteiger partial charge >= 0.3 is 0 Å². The fourth-order valence-electron chi connectivity index (χ4n) is 6.80. The second-order valence-electron chi connectivity index (χ2n) is 10.9. The lowest BCUT2D eigenvalue weighted by Gasteiger charge is -2.40. The number of hydrogen-bond acceptors (Lipinski definition) is 5. The third-order valence-corrected chi connectivity index (χ3v) is 8.34. The number of aliphatic hydroxyl groups excluding tert-OH is 1. The molecule has 2 unspecified atom stereocenters. The molecule has 3 heterocycles. The third kappa shape index (κ3) is 4.47. The Balaban J connectivity index is 1.83. The molecule has 6 atom stereocenters. The summed E-state index contributed by atoms with van der Waals surface area (Å²) in [5, 5.41) is 10.6. The second-order valence-corrected chi connectivity index (χ2v) is 10.9. The maximum absolute atomic E-state index is 14.4. The average molecular weight is 524 g/mol. The molecule has 38 heavy (non-hydrogen) atoms. The van der Waals surface area contributed by atoms with Crippen molar-refractivity contribution < 1.29 is 24.2 Å². The van der Waals surface area contributed by atoms with Crippen LogP contribution in [0.3, 0.4) is 0 Å². The van der Waals surface area contributed by atoms with Gasteiger partial charge in [0.2, 0.25) is 17.7 Å². The first-order valence-corrected chi connectivity index (χ1v) is 13.7. The quantitative estimate of drug-likeness (QED) is 0.426. The van der Waals surface area contributed by atoms with E-state index in [4.69, 9.17) is 4.74 Å². The Labute approximate surface area is 225 Å². The van der Waals surface area contributed by atoms with Crippen molar-refractivity contribution in [3.63, 3.8) is 0 Å². The van der Waals surface area contributed by atoms with Gasteiger partial charge in [-0.3, -0.25) is 14.4 Å². The van der Waals surface area contributed by atoms with Crippen LogP contribution in [0.1, 0.15) is 51.6 Å². The topological polar surface area (TPSA) is 90.4 Å². The fourth-order valence-corrected chi connectivity index (χ4v) is 6.80. The molecular formula is C30H41N3O5. The van der Waals surface area contributed by atoms with Crippen molar-refractivity contribution in [3.8, 4) is 0 Å². The van der Waals surface area contributed by atoms with Crippen LogP contribution in [-0.2, 0) is 19.1 Å². The van der Waals surface area contributed by atoms with Gasteiger partial charge in [0.15, 0.2) is 0 Å². The van der Waals surface area contributed by atoms with Crippen molar-refractivity contribution in [3.05, 3.63) is 61.2 Å². The zero-order valence-electron chi connectivity index (χ0n) is 22.8. The van der Waals surface area contributed by atoms with E-state index >= 15 is 0 Å². The Morgan fingerprint density at radius 1 is 1.18 bits per heavy atom. The lowest BCUT2D eigenvalue weighted by Crippen LogP contribution is -2.58. The summed E-state index contributed by atoms with van der Waals surface area (Å²) in [4.78, 5) is 47.6. The maximum atomic E-state index is 14.4. The summed E-state index contributed by atoms with van der Waals surface area (Å²) < 4.78 is 6.61. The minimum atomic E-state index is -1.12. The summed E-state index contributed by atoms with van der Waals surface area (Å²) in [6.45, 7) is 14.4. The van der Waals surface area contributed by atoms with E-state index < -0.39 is 35.6 Å². The third-order valence-electron chi connectivity index (χ3n) is 8.34. The number of amides is 3. The summed E-state index contributed by atoms with van der Waals surface area (Å²) in [7, 11) is 0. The Morgan fingerprint density at radius 2 is 1.87 bits per heavy atom. The normalized spacial score (nSPS) is 28.3. The van der Waals surface area contributed by atoms with Crippen LogP contribution in [0, 0.1) is 11.8 Å². The Bertz CT molecular complexity index is 1060. The van der Waals surface area contributed by atoms with Crippen LogP contribution in [0.2, 0.25) is 0 Å². The van der Waals surface area contributed by atoms with Crippen LogP contribution in [0.5, 0.6) is 0 Å². The van der Waals surface area contributed by atoms with Gasteiger partial charge in [-0.1, -0.05) is 49.4 Å². The van der Waals surface area contributed by atoms with Crippen molar-refractivity contribution in [2.24, 2.45) is 11.8 Å². The molecule has 0 radical (unpaired) electrons. The van der Waals surface area contributed by atoms with Gasteiger partial charge in [-0.05, 0) is 38.7 Å². The van der Waals surface area contributed by atoms with Gasteiger partial charge in [0.25, 0.3) is 0 Å². The fraction of sp³-hybridized carbons (Fsp3) is 0.567. The van der Waals surface area contributed by atoms with E-state index in [1.807, 2.05) is 51.1 Å². The first-order valence-electron chi connectivity index (χ1n) is 13.7. The number of nitrogens with zero attached hydrogens (tertiary/aromatic N) is 3. The summed E-state index contributed by atoms with van der Waals surface area (Å²) in [6, 6.07) is 7.42. The molecule has 1 aromatic carbocycles.